The first-order valence-corrected chi connectivity index (χ1v) is 4.91. The second kappa shape index (κ2) is 5.43. The minimum atomic E-state index is -0.535. The minimum absolute atomic E-state index is 0.461. The van der Waals surface area contributed by atoms with E-state index in [1.54, 1.807) is 14.0 Å². The molecule has 0 saturated carbocycles. The smallest absolute Gasteiger partial charge is 0.122 e. The van der Waals surface area contributed by atoms with Gasteiger partial charge in [-0.15, -0.1) is 11.8 Å². The number of aliphatic hydroxyl groups excluding tert-OH is 1. The van der Waals surface area contributed by atoms with E-state index in [0.717, 1.165) is 16.9 Å². The maximum Gasteiger partial charge on any atom is 0.122 e. The van der Waals surface area contributed by atoms with Crippen LogP contribution in [0.3, 0.4) is 0 Å². The van der Waals surface area contributed by atoms with Crippen molar-refractivity contribution < 1.29 is 9.84 Å². The van der Waals surface area contributed by atoms with E-state index in [9.17, 15) is 5.11 Å². The average Bonchev–Trinajstić information content (AvgIpc) is 2.26. The van der Waals surface area contributed by atoms with Crippen LogP contribution >= 0.6 is 0 Å². The van der Waals surface area contributed by atoms with Crippen LogP contribution in [0.5, 0.6) is 5.75 Å². The first-order chi connectivity index (χ1) is 7.19. The second-order valence-corrected chi connectivity index (χ2v) is 3.38. The Balaban J connectivity index is 2.88. The maximum atomic E-state index is 9.80. The fourth-order valence-electron chi connectivity index (χ4n) is 1.36. The van der Waals surface area contributed by atoms with Gasteiger partial charge in [-0.25, -0.2) is 0 Å². The number of methoxy groups -OCH3 is 1. The predicted octanol–water partition coefficient (Wildman–Crippen LogP) is 2.45. The summed E-state index contributed by atoms with van der Waals surface area (Å²) < 4.78 is 5.19. The Labute approximate surface area is 90.9 Å². The molecule has 2 heteroatoms. The molecular formula is C13H16O2. The molecule has 0 heterocycles. The molecule has 0 bridgehead atoms. The highest BCUT2D eigenvalue weighted by Crippen LogP contribution is 2.24. The molecule has 1 N–H and O–H groups in total. The van der Waals surface area contributed by atoms with E-state index in [2.05, 4.69) is 11.8 Å². The summed E-state index contributed by atoms with van der Waals surface area (Å²) in [6.45, 7) is 3.74. The van der Waals surface area contributed by atoms with Gasteiger partial charge >= 0.3 is 0 Å². The summed E-state index contributed by atoms with van der Waals surface area (Å²) >= 11 is 0. The number of hydrogen-bond acceptors (Lipinski definition) is 2. The number of rotatable bonds is 3. The Kier molecular flexibility index (Phi) is 4.20. The van der Waals surface area contributed by atoms with Crippen LogP contribution in [0.1, 0.15) is 30.6 Å². The van der Waals surface area contributed by atoms with E-state index in [-0.39, 0.29) is 0 Å². The van der Waals surface area contributed by atoms with E-state index >= 15 is 0 Å². The summed E-state index contributed by atoms with van der Waals surface area (Å²) in [4.78, 5) is 0. The van der Waals surface area contributed by atoms with Crippen LogP contribution < -0.4 is 4.74 Å². The van der Waals surface area contributed by atoms with Gasteiger partial charge in [0.15, 0.2) is 0 Å². The van der Waals surface area contributed by atoms with Crippen molar-refractivity contribution in [2.75, 3.05) is 7.11 Å². The lowest BCUT2D eigenvalue weighted by molar-refractivity contribution is 0.183. The van der Waals surface area contributed by atoms with Gasteiger partial charge in [0.1, 0.15) is 5.75 Å². The van der Waals surface area contributed by atoms with E-state index in [1.165, 1.54) is 0 Å². The molecule has 0 aromatic heterocycles. The number of aliphatic hydroxyl groups is 1. The molecule has 1 aromatic rings. The summed E-state index contributed by atoms with van der Waals surface area (Å²) in [6, 6.07) is 5.70. The molecule has 0 aliphatic carbocycles. The van der Waals surface area contributed by atoms with Gasteiger partial charge in [-0.05, 0) is 31.0 Å². The summed E-state index contributed by atoms with van der Waals surface area (Å²) in [5, 5.41) is 9.80. The summed E-state index contributed by atoms with van der Waals surface area (Å²) in [5.74, 6) is 6.43. The SMILES string of the molecule is CC#CCC(O)c1ccc(C)c(OC)c1. The first kappa shape index (κ1) is 11.6. The van der Waals surface area contributed by atoms with Crippen molar-refractivity contribution in [2.45, 2.75) is 26.4 Å². The van der Waals surface area contributed by atoms with Crippen molar-refractivity contribution in [2.24, 2.45) is 0 Å². The molecule has 1 aromatic carbocycles. The Bertz CT molecular complexity index is 385. The fourth-order valence-corrected chi connectivity index (χ4v) is 1.36. The predicted molar refractivity (Wildman–Crippen MR) is 60.8 cm³/mol. The maximum absolute atomic E-state index is 9.80. The lowest BCUT2D eigenvalue weighted by Crippen LogP contribution is -1.97. The van der Waals surface area contributed by atoms with Gasteiger partial charge in [0.05, 0.1) is 13.2 Å². The lowest BCUT2D eigenvalue weighted by Gasteiger charge is -2.11. The van der Waals surface area contributed by atoms with E-state index < -0.39 is 6.10 Å². The number of hydrogen-bond donors (Lipinski definition) is 1. The Hall–Kier alpha value is -1.46. The lowest BCUT2D eigenvalue weighted by atomic mass is 10.0. The summed E-state index contributed by atoms with van der Waals surface area (Å²) in [6.07, 6.45) is -0.0742. The van der Waals surface area contributed by atoms with Gasteiger partial charge in [0, 0.05) is 6.42 Å². The van der Waals surface area contributed by atoms with E-state index in [0.29, 0.717) is 6.42 Å². The molecule has 0 spiro atoms. The molecule has 1 unspecified atom stereocenters. The van der Waals surface area contributed by atoms with E-state index in [1.807, 2.05) is 25.1 Å². The zero-order chi connectivity index (χ0) is 11.3. The topological polar surface area (TPSA) is 29.5 Å². The number of aryl methyl sites for hydroxylation is 1. The highest BCUT2D eigenvalue weighted by molar-refractivity contribution is 5.37. The molecule has 1 rings (SSSR count). The van der Waals surface area contributed by atoms with Crippen molar-refractivity contribution in [3.05, 3.63) is 29.3 Å². The van der Waals surface area contributed by atoms with Crippen molar-refractivity contribution in [1.82, 2.24) is 0 Å². The molecule has 0 aliphatic heterocycles. The van der Waals surface area contributed by atoms with Crippen LogP contribution in [-0.4, -0.2) is 12.2 Å². The second-order valence-electron chi connectivity index (χ2n) is 3.38. The van der Waals surface area contributed by atoms with Crippen molar-refractivity contribution in [3.8, 4) is 17.6 Å². The van der Waals surface area contributed by atoms with Crippen LogP contribution in [0.2, 0.25) is 0 Å². The molecule has 0 fully saturated rings. The molecule has 0 amide bonds. The Morgan fingerprint density at radius 1 is 1.47 bits per heavy atom. The zero-order valence-corrected chi connectivity index (χ0v) is 9.37. The molecule has 1 atom stereocenters. The van der Waals surface area contributed by atoms with Crippen molar-refractivity contribution in [3.63, 3.8) is 0 Å². The number of ether oxygens (including phenoxy) is 1. The van der Waals surface area contributed by atoms with Crippen molar-refractivity contribution in [1.29, 1.82) is 0 Å². The van der Waals surface area contributed by atoms with Gasteiger partial charge in [-0.3, -0.25) is 0 Å². The number of benzene rings is 1. The van der Waals surface area contributed by atoms with Gasteiger partial charge in [-0.2, -0.15) is 0 Å². The summed E-state index contributed by atoms with van der Waals surface area (Å²) in [5.41, 5.74) is 1.91. The van der Waals surface area contributed by atoms with E-state index in [4.69, 9.17) is 4.74 Å². The van der Waals surface area contributed by atoms with Gasteiger partial charge in [0.2, 0.25) is 0 Å². The van der Waals surface area contributed by atoms with Crippen LogP contribution in [0, 0.1) is 18.8 Å². The normalized spacial score (nSPS) is 11.5. The van der Waals surface area contributed by atoms with Crippen LogP contribution in [0.25, 0.3) is 0 Å². The van der Waals surface area contributed by atoms with Crippen molar-refractivity contribution >= 4 is 0 Å². The molecule has 0 radical (unpaired) electrons. The third-order valence-corrected chi connectivity index (χ3v) is 2.29. The highest BCUT2D eigenvalue weighted by atomic mass is 16.5. The largest absolute Gasteiger partial charge is 0.496 e. The standard InChI is InChI=1S/C13H16O2/c1-4-5-6-12(14)11-8-7-10(2)13(9-11)15-3/h7-9,12,14H,6H2,1-3H3. The van der Waals surface area contributed by atoms with Crippen LogP contribution in [0.4, 0.5) is 0 Å². The highest BCUT2D eigenvalue weighted by Gasteiger charge is 2.08. The molecule has 0 aliphatic rings. The molecular weight excluding hydrogens is 188 g/mol. The zero-order valence-electron chi connectivity index (χ0n) is 9.37. The quantitative estimate of drug-likeness (QED) is 0.766. The summed E-state index contributed by atoms with van der Waals surface area (Å²) in [7, 11) is 1.63. The third-order valence-electron chi connectivity index (χ3n) is 2.29. The average molecular weight is 204 g/mol. The Morgan fingerprint density at radius 3 is 2.80 bits per heavy atom. The molecule has 80 valence electrons. The molecule has 15 heavy (non-hydrogen) atoms. The minimum Gasteiger partial charge on any atom is -0.496 e. The molecule has 2 nitrogen and oxygen atoms in total. The molecule has 0 saturated heterocycles. The van der Waals surface area contributed by atoms with Gasteiger partial charge in [-0.1, -0.05) is 12.1 Å². The van der Waals surface area contributed by atoms with Gasteiger partial charge < -0.3 is 9.84 Å². The Morgan fingerprint density at radius 2 is 2.20 bits per heavy atom. The monoisotopic (exact) mass is 204 g/mol. The fraction of sp³-hybridized carbons (Fsp3) is 0.385. The van der Waals surface area contributed by atoms with Crippen LogP contribution in [0.15, 0.2) is 18.2 Å². The third kappa shape index (κ3) is 3.00. The first-order valence-electron chi connectivity index (χ1n) is 4.91. The van der Waals surface area contributed by atoms with Crippen LogP contribution in [-0.2, 0) is 0 Å². The van der Waals surface area contributed by atoms with Gasteiger partial charge in [0.25, 0.3) is 0 Å².